The van der Waals surface area contributed by atoms with Crippen molar-refractivity contribution in [3.05, 3.63) is 52.0 Å². The monoisotopic (exact) mass is 356 g/mol. The topological polar surface area (TPSA) is 59.0 Å². The Bertz CT molecular complexity index is 934. The molecule has 0 atom stereocenters. The summed E-state index contributed by atoms with van der Waals surface area (Å²) in [6.45, 7) is 3.33. The number of aromatic nitrogens is 3. The van der Waals surface area contributed by atoms with Gasteiger partial charge in [0.05, 0.1) is 16.1 Å². The average molecular weight is 356 g/mol. The molecule has 128 valence electrons. The van der Waals surface area contributed by atoms with E-state index in [1.807, 2.05) is 6.20 Å². The quantitative estimate of drug-likeness (QED) is 0.704. The lowest BCUT2D eigenvalue weighted by atomic mass is 9.97. The summed E-state index contributed by atoms with van der Waals surface area (Å²) in [5, 5.41) is 1.15. The van der Waals surface area contributed by atoms with E-state index in [-0.39, 0.29) is 11.5 Å². The van der Waals surface area contributed by atoms with Crippen molar-refractivity contribution in [1.82, 2.24) is 19.9 Å². The number of carbonyl (C=O) groups is 1. The number of aryl methyl sites for hydroxylation is 1. The molecule has 0 aliphatic carbocycles. The Balaban J connectivity index is 1.55. The van der Waals surface area contributed by atoms with Crippen LogP contribution in [0.1, 0.15) is 39.0 Å². The molecule has 1 aliphatic heterocycles. The molecule has 1 aliphatic rings. The van der Waals surface area contributed by atoms with E-state index in [0.717, 1.165) is 17.8 Å². The van der Waals surface area contributed by atoms with E-state index < -0.39 is 5.82 Å². The zero-order valence-corrected chi connectivity index (χ0v) is 14.6. The van der Waals surface area contributed by atoms with Gasteiger partial charge in [-0.15, -0.1) is 11.3 Å². The molecule has 25 heavy (non-hydrogen) atoms. The number of fused-ring (bicyclic) bond motifs is 1. The van der Waals surface area contributed by atoms with Crippen molar-refractivity contribution < 1.29 is 9.18 Å². The van der Waals surface area contributed by atoms with Gasteiger partial charge in [-0.3, -0.25) is 14.8 Å². The molecule has 3 heterocycles. The highest BCUT2D eigenvalue weighted by atomic mass is 32.1. The molecular weight excluding hydrogens is 339 g/mol. The van der Waals surface area contributed by atoms with Gasteiger partial charge in [-0.05, 0) is 25.8 Å². The van der Waals surface area contributed by atoms with Crippen LogP contribution in [0.2, 0.25) is 0 Å². The molecule has 1 saturated heterocycles. The maximum atomic E-state index is 13.9. The number of rotatable bonds is 2. The fraction of sp³-hybridized carbons (Fsp3) is 0.333. The van der Waals surface area contributed by atoms with Crippen LogP contribution in [0.15, 0.2) is 30.7 Å². The van der Waals surface area contributed by atoms with Gasteiger partial charge in [0.1, 0.15) is 11.3 Å². The van der Waals surface area contributed by atoms with Crippen molar-refractivity contribution >= 4 is 28.3 Å². The molecule has 1 fully saturated rings. The molecule has 0 spiro atoms. The van der Waals surface area contributed by atoms with Crippen LogP contribution in [0.5, 0.6) is 0 Å². The van der Waals surface area contributed by atoms with E-state index in [1.165, 1.54) is 29.4 Å². The van der Waals surface area contributed by atoms with Crippen LogP contribution in [-0.4, -0.2) is 38.8 Å². The van der Waals surface area contributed by atoms with Gasteiger partial charge in [-0.1, -0.05) is 0 Å². The van der Waals surface area contributed by atoms with Gasteiger partial charge in [-0.25, -0.2) is 9.37 Å². The molecule has 5 nitrogen and oxygen atoms in total. The number of halogens is 1. The lowest BCUT2D eigenvalue weighted by Gasteiger charge is -2.31. The van der Waals surface area contributed by atoms with Crippen LogP contribution in [0.4, 0.5) is 4.39 Å². The zero-order chi connectivity index (χ0) is 17.4. The first-order chi connectivity index (χ1) is 12.1. The smallest absolute Gasteiger partial charge is 0.256 e. The van der Waals surface area contributed by atoms with Crippen LogP contribution >= 0.6 is 11.3 Å². The first-order valence-electron chi connectivity index (χ1n) is 8.23. The first kappa shape index (κ1) is 16.1. The molecule has 7 heteroatoms. The third-order valence-corrected chi connectivity index (χ3v) is 5.61. The Morgan fingerprint density at radius 3 is 2.68 bits per heavy atom. The highest BCUT2D eigenvalue weighted by molar-refractivity contribution is 7.11. The van der Waals surface area contributed by atoms with Crippen molar-refractivity contribution in [3.8, 4) is 0 Å². The predicted octanol–water partition coefficient (Wildman–Crippen LogP) is 3.55. The summed E-state index contributed by atoms with van der Waals surface area (Å²) in [6, 6.07) is 2.56. The Hall–Kier alpha value is -2.41. The van der Waals surface area contributed by atoms with Gasteiger partial charge in [0.2, 0.25) is 0 Å². The summed E-state index contributed by atoms with van der Waals surface area (Å²) >= 11 is 1.72. The summed E-state index contributed by atoms with van der Waals surface area (Å²) in [6.07, 6.45) is 6.66. The Morgan fingerprint density at radius 2 is 1.96 bits per heavy atom. The third-order valence-electron chi connectivity index (χ3n) is 4.54. The number of nitrogens with zero attached hydrogens (tertiary/aromatic N) is 4. The van der Waals surface area contributed by atoms with Gasteiger partial charge in [0.15, 0.2) is 0 Å². The standard InChI is InChI=1S/C18H17FN4OS/c1-11-10-22-17(25-11)12-2-6-23(7-3-12)18(24)14-8-13(19)9-15-16(14)21-5-4-20-15/h4-5,8-10,12H,2-3,6-7H2,1H3. The summed E-state index contributed by atoms with van der Waals surface area (Å²) in [5.74, 6) is -0.255. The summed E-state index contributed by atoms with van der Waals surface area (Å²) in [4.78, 5) is 28.7. The van der Waals surface area contributed by atoms with E-state index in [2.05, 4.69) is 21.9 Å². The molecule has 1 amide bonds. The molecule has 1 aromatic carbocycles. The van der Waals surface area contributed by atoms with Crippen LogP contribution < -0.4 is 0 Å². The molecule has 0 saturated carbocycles. The second-order valence-electron chi connectivity index (χ2n) is 6.25. The predicted molar refractivity (Wildman–Crippen MR) is 94.2 cm³/mol. The van der Waals surface area contributed by atoms with Gasteiger partial charge in [0.25, 0.3) is 5.91 Å². The zero-order valence-electron chi connectivity index (χ0n) is 13.8. The van der Waals surface area contributed by atoms with Gasteiger partial charge in [-0.2, -0.15) is 0 Å². The Labute approximate surface area is 148 Å². The number of benzene rings is 1. The highest BCUT2D eigenvalue weighted by Gasteiger charge is 2.27. The second kappa shape index (κ2) is 6.48. The number of amides is 1. The number of piperidine rings is 1. The van der Waals surface area contributed by atoms with E-state index in [9.17, 15) is 9.18 Å². The fourth-order valence-corrected chi connectivity index (χ4v) is 4.21. The number of carbonyl (C=O) groups excluding carboxylic acids is 1. The van der Waals surface area contributed by atoms with E-state index in [0.29, 0.717) is 30.0 Å². The Morgan fingerprint density at radius 1 is 1.20 bits per heavy atom. The van der Waals surface area contributed by atoms with Crippen LogP contribution in [0, 0.1) is 12.7 Å². The van der Waals surface area contributed by atoms with E-state index in [4.69, 9.17) is 0 Å². The molecule has 0 unspecified atom stereocenters. The SMILES string of the molecule is Cc1cnc(C2CCN(C(=O)c3cc(F)cc4nccnc34)CC2)s1. The summed E-state index contributed by atoms with van der Waals surface area (Å²) in [7, 11) is 0. The highest BCUT2D eigenvalue weighted by Crippen LogP contribution is 2.31. The van der Waals surface area contributed by atoms with Crippen molar-refractivity contribution in [2.24, 2.45) is 0 Å². The normalized spacial score (nSPS) is 15.7. The molecule has 2 aromatic heterocycles. The number of hydrogen-bond donors (Lipinski definition) is 0. The van der Waals surface area contributed by atoms with Gasteiger partial charge >= 0.3 is 0 Å². The minimum Gasteiger partial charge on any atom is -0.339 e. The van der Waals surface area contributed by atoms with Crippen LogP contribution in [-0.2, 0) is 0 Å². The summed E-state index contributed by atoms with van der Waals surface area (Å²) < 4.78 is 13.9. The molecule has 0 N–H and O–H groups in total. The maximum Gasteiger partial charge on any atom is 0.256 e. The molecule has 4 rings (SSSR count). The fourth-order valence-electron chi connectivity index (χ4n) is 3.26. The molecule has 3 aromatic rings. The Kier molecular flexibility index (Phi) is 4.17. The van der Waals surface area contributed by atoms with Crippen molar-refractivity contribution in [3.63, 3.8) is 0 Å². The largest absolute Gasteiger partial charge is 0.339 e. The van der Waals surface area contributed by atoms with Crippen molar-refractivity contribution in [1.29, 1.82) is 0 Å². The third kappa shape index (κ3) is 3.11. The number of thiazole rings is 1. The van der Waals surface area contributed by atoms with Crippen molar-refractivity contribution in [2.45, 2.75) is 25.7 Å². The number of hydrogen-bond acceptors (Lipinski definition) is 5. The van der Waals surface area contributed by atoms with Crippen LogP contribution in [0.25, 0.3) is 11.0 Å². The minimum absolute atomic E-state index is 0.182. The van der Waals surface area contributed by atoms with E-state index >= 15 is 0 Å². The molecule has 0 radical (unpaired) electrons. The van der Waals surface area contributed by atoms with E-state index in [1.54, 1.807) is 16.2 Å². The molecular formula is C18H17FN4OS. The second-order valence-corrected chi connectivity index (χ2v) is 7.52. The van der Waals surface area contributed by atoms with Crippen LogP contribution in [0.3, 0.4) is 0 Å². The molecule has 0 bridgehead atoms. The summed E-state index contributed by atoms with van der Waals surface area (Å²) in [5.41, 5.74) is 1.14. The van der Waals surface area contributed by atoms with Gasteiger partial charge in [0, 0.05) is 48.5 Å². The first-order valence-corrected chi connectivity index (χ1v) is 9.05. The van der Waals surface area contributed by atoms with Crippen molar-refractivity contribution in [2.75, 3.05) is 13.1 Å². The maximum absolute atomic E-state index is 13.9. The van der Waals surface area contributed by atoms with Gasteiger partial charge < -0.3 is 4.90 Å². The number of likely N-dealkylation sites (tertiary alicyclic amines) is 1. The lowest BCUT2D eigenvalue weighted by Crippen LogP contribution is -2.38. The lowest BCUT2D eigenvalue weighted by molar-refractivity contribution is 0.0714. The minimum atomic E-state index is -0.468. The average Bonchev–Trinajstić information content (AvgIpc) is 3.07.